The average molecular weight is 204 g/mol. The Balaban J connectivity index is 3.93. The van der Waals surface area contributed by atoms with Crippen molar-refractivity contribution in [2.45, 2.75) is 18.9 Å². The number of aliphatic hydroxyl groups is 1. The quantitative estimate of drug-likeness (QED) is 0.415. The lowest BCUT2D eigenvalue weighted by Crippen LogP contribution is -2.07. The number of carbonyl (C=O) groups is 1. The minimum Gasteiger partial charge on any atom is -0.469 e. The van der Waals surface area contributed by atoms with Crippen molar-refractivity contribution in [3.8, 4) is 24.2 Å². The molecule has 0 bridgehead atoms. The Kier molecular flexibility index (Phi) is 7.54. The van der Waals surface area contributed by atoms with Crippen molar-refractivity contribution in [3.05, 3.63) is 17.9 Å². The third kappa shape index (κ3) is 8.40. The number of aliphatic hydroxyl groups excluding tert-OH is 1. The second-order valence-corrected chi connectivity index (χ2v) is 2.57. The van der Waals surface area contributed by atoms with E-state index in [1.807, 2.05) is 0 Å². The van der Waals surface area contributed by atoms with Crippen LogP contribution >= 0.6 is 0 Å². The van der Waals surface area contributed by atoms with Gasteiger partial charge in [0, 0.05) is 12.5 Å². The Hall–Kier alpha value is -1.93. The van der Waals surface area contributed by atoms with Crippen LogP contribution in [-0.2, 0) is 9.53 Å². The van der Waals surface area contributed by atoms with E-state index >= 15 is 0 Å². The van der Waals surface area contributed by atoms with Crippen LogP contribution in [0.3, 0.4) is 0 Å². The third-order valence-electron chi connectivity index (χ3n) is 1.46. The molecule has 0 aliphatic heterocycles. The van der Waals surface area contributed by atoms with E-state index < -0.39 is 6.10 Å². The predicted molar refractivity (Wildman–Crippen MR) is 56.5 cm³/mol. The summed E-state index contributed by atoms with van der Waals surface area (Å²) in [4.78, 5) is 10.7. The lowest BCUT2D eigenvalue weighted by atomic mass is 10.2. The molecular weight excluding hydrogens is 192 g/mol. The minimum absolute atomic E-state index is 0.173. The maximum absolute atomic E-state index is 10.7. The SMILES string of the molecule is C#CC#CC=C=CC(O)CCC(=O)OC. The predicted octanol–water partition coefficient (Wildman–Crippen LogP) is 0.648. The van der Waals surface area contributed by atoms with E-state index in [0.29, 0.717) is 6.42 Å². The fourth-order valence-electron chi connectivity index (χ4n) is 0.730. The summed E-state index contributed by atoms with van der Waals surface area (Å²) in [5.41, 5.74) is 2.64. The van der Waals surface area contributed by atoms with E-state index in [4.69, 9.17) is 6.42 Å². The smallest absolute Gasteiger partial charge is 0.305 e. The summed E-state index contributed by atoms with van der Waals surface area (Å²) < 4.78 is 4.42. The first kappa shape index (κ1) is 13.1. The molecule has 0 fully saturated rings. The molecule has 0 aliphatic rings. The summed E-state index contributed by atoms with van der Waals surface area (Å²) in [6.45, 7) is 0. The molecule has 78 valence electrons. The van der Waals surface area contributed by atoms with Gasteiger partial charge in [0.05, 0.1) is 13.2 Å². The molecule has 3 heteroatoms. The van der Waals surface area contributed by atoms with E-state index in [2.05, 4.69) is 28.2 Å². The summed E-state index contributed by atoms with van der Waals surface area (Å²) in [5, 5.41) is 9.32. The Morgan fingerprint density at radius 3 is 3.00 bits per heavy atom. The molecule has 0 aromatic rings. The van der Waals surface area contributed by atoms with Gasteiger partial charge in [-0.1, -0.05) is 5.92 Å². The average Bonchev–Trinajstić information content (AvgIpc) is 2.25. The topological polar surface area (TPSA) is 46.5 Å². The molecule has 15 heavy (non-hydrogen) atoms. The number of ether oxygens (including phenoxy) is 1. The lowest BCUT2D eigenvalue weighted by Gasteiger charge is -2.01. The highest BCUT2D eigenvalue weighted by molar-refractivity contribution is 5.69. The highest BCUT2D eigenvalue weighted by Gasteiger charge is 2.04. The van der Waals surface area contributed by atoms with Gasteiger partial charge in [-0.05, 0) is 24.3 Å². The number of hydrogen-bond acceptors (Lipinski definition) is 3. The molecule has 0 saturated carbocycles. The van der Waals surface area contributed by atoms with Gasteiger partial charge in [-0.2, -0.15) is 0 Å². The Morgan fingerprint density at radius 2 is 2.40 bits per heavy atom. The first-order valence-electron chi connectivity index (χ1n) is 4.32. The van der Waals surface area contributed by atoms with Crippen molar-refractivity contribution in [2.75, 3.05) is 7.11 Å². The number of methoxy groups -OCH3 is 1. The first-order valence-corrected chi connectivity index (χ1v) is 4.32. The van der Waals surface area contributed by atoms with Gasteiger partial charge in [0.15, 0.2) is 0 Å². The van der Waals surface area contributed by atoms with Crippen LogP contribution in [0, 0.1) is 24.2 Å². The molecule has 1 atom stereocenters. The van der Waals surface area contributed by atoms with Crippen molar-refractivity contribution in [3.63, 3.8) is 0 Å². The van der Waals surface area contributed by atoms with Gasteiger partial charge in [-0.15, -0.1) is 12.2 Å². The van der Waals surface area contributed by atoms with Crippen LogP contribution < -0.4 is 0 Å². The number of terminal acetylenes is 1. The Bertz CT molecular complexity index is 357. The zero-order valence-electron chi connectivity index (χ0n) is 8.49. The first-order chi connectivity index (χ1) is 7.20. The molecule has 3 nitrogen and oxygen atoms in total. The molecule has 0 aliphatic carbocycles. The second-order valence-electron chi connectivity index (χ2n) is 2.57. The van der Waals surface area contributed by atoms with Crippen molar-refractivity contribution >= 4 is 5.97 Å². The molecule has 0 radical (unpaired) electrons. The summed E-state index contributed by atoms with van der Waals surface area (Å²) in [6, 6.07) is 0. The molecule has 0 aromatic carbocycles. The van der Waals surface area contributed by atoms with Crippen molar-refractivity contribution < 1.29 is 14.6 Å². The molecule has 1 unspecified atom stereocenters. The van der Waals surface area contributed by atoms with Crippen molar-refractivity contribution in [2.24, 2.45) is 0 Å². The zero-order valence-corrected chi connectivity index (χ0v) is 8.49. The zero-order chi connectivity index (χ0) is 11.5. The number of rotatable bonds is 4. The fourth-order valence-corrected chi connectivity index (χ4v) is 0.730. The van der Waals surface area contributed by atoms with Crippen LogP contribution in [0.1, 0.15) is 12.8 Å². The Morgan fingerprint density at radius 1 is 1.67 bits per heavy atom. The largest absolute Gasteiger partial charge is 0.469 e. The van der Waals surface area contributed by atoms with Crippen LogP contribution in [0.2, 0.25) is 0 Å². The standard InChI is InChI=1S/C12H12O3/c1-3-4-5-6-7-8-11(13)9-10-12(14)15-2/h1,6,8,11,13H,9-10H2,2H3. The van der Waals surface area contributed by atoms with Gasteiger partial charge in [0.1, 0.15) is 0 Å². The fraction of sp³-hybridized carbons (Fsp3) is 0.333. The second kappa shape index (κ2) is 8.66. The maximum atomic E-state index is 10.7. The number of esters is 1. The molecule has 1 N–H and O–H groups in total. The van der Waals surface area contributed by atoms with Gasteiger partial charge in [0.25, 0.3) is 0 Å². The van der Waals surface area contributed by atoms with E-state index in [1.54, 1.807) is 0 Å². The molecule has 0 heterocycles. The Labute approximate surface area is 89.4 Å². The molecule has 0 aromatic heterocycles. The normalized spacial score (nSPS) is 9.67. The van der Waals surface area contributed by atoms with Crippen LogP contribution in [0.4, 0.5) is 0 Å². The van der Waals surface area contributed by atoms with Crippen LogP contribution in [0.25, 0.3) is 0 Å². The van der Waals surface area contributed by atoms with Gasteiger partial charge in [-0.25, -0.2) is 0 Å². The highest BCUT2D eigenvalue weighted by Crippen LogP contribution is 1.98. The van der Waals surface area contributed by atoms with Crippen LogP contribution in [0.5, 0.6) is 0 Å². The number of hydrogen-bond donors (Lipinski definition) is 1. The molecule has 0 saturated heterocycles. The highest BCUT2D eigenvalue weighted by atomic mass is 16.5. The molecule has 0 spiro atoms. The summed E-state index contributed by atoms with van der Waals surface area (Å²) in [7, 11) is 1.31. The lowest BCUT2D eigenvalue weighted by molar-refractivity contribution is -0.141. The van der Waals surface area contributed by atoms with Crippen LogP contribution in [0.15, 0.2) is 17.9 Å². The van der Waals surface area contributed by atoms with E-state index in [0.717, 1.165) is 0 Å². The monoisotopic (exact) mass is 204 g/mol. The van der Waals surface area contributed by atoms with E-state index in [1.165, 1.54) is 19.3 Å². The van der Waals surface area contributed by atoms with Gasteiger partial charge in [-0.3, -0.25) is 4.79 Å². The molecule has 0 rings (SSSR count). The van der Waals surface area contributed by atoms with Gasteiger partial charge < -0.3 is 9.84 Å². The van der Waals surface area contributed by atoms with Gasteiger partial charge in [0.2, 0.25) is 0 Å². The van der Waals surface area contributed by atoms with Gasteiger partial charge >= 0.3 is 5.97 Å². The van der Waals surface area contributed by atoms with E-state index in [9.17, 15) is 9.90 Å². The summed E-state index contributed by atoms with van der Waals surface area (Å²) in [6.07, 6.45) is 7.44. The van der Waals surface area contributed by atoms with Crippen molar-refractivity contribution in [1.82, 2.24) is 0 Å². The molecule has 0 amide bonds. The third-order valence-corrected chi connectivity index (χ3v) is 1.46. The summed E-state index contributed by atoms with van der Waals surface area (Å²) >= 11 is 0. The van der Waals surface area contributed by atoms with E-state index in [-0.39, 0.29) is 12.4 Å². The maximum Gasteiger partial charge on any atom is 0.305 e. The minimum atomic E-state index is -0.729. The summed E-state index contributed by atoms with van der Waals surface area (Å²) in [5.74, 6) is 6.66. The van der Waals surface area contributed by atoms with Crippen molar-refractivity contribution in [1.29, 1.82) is 0 Å². The van der Waals surface area contributed by atoms with Crippen LogP contribution in [-0.4, -0.2) is 24.3 Å². The number of carbonyl (C=O) groups excluding carboxylic acids is 1. The molecular formula is C12H12O3.